The molecular weight excluding hydrogens is 249 g/mol. The van der Waals surface area contributed by atoms with E-state index in [-0.39, 0.29) is 36.9 Å². The smallest absolute Gasteiger partial charge is 0.246 e. The van der Waals surface area contributed by atoms with Crippen LogP contribution in [0.25, 0.3) is 0 Å². The Kier molecular flexibility index (Phi) is 17.4. The molecule has 0 saturated carbocycles. The fraction of sp³-hybridized carbons (Fsp3) is 0.700. The second kappa shape index (κ2) is 11.2. The number of hydrogen-bond donors (Lipinski definition) is 2. The van der Waals surface area contributed by atoms with Crippen molar-refractivity contribution >= 4 is 18.3 Å². The third kappa shape index (κ3) is 16.2. The van der Waals surface area contributed by atoms with E-state index >= 15 is 0 Å². The molecule has 0 aliphatic carbocycles. The van der Waals surface area contributed by atoms with Gasteiger partial charge in [-0.15, -0.1) is 12.4 Å². The quantitative estimate of drug-likeness (QED) is 0.359. The molecule has 0 heterocycles. The normalized spacial score (nSPS) is 9.00. The molecule has 0 fully saturated rings. The minimum absolute atomic E-state index is 0. The van der Waals surface area contributed by atoms with E-state index in [9.17, 15) is 4.79 Å². The molecule has 100 valence electrons. The summed E-state index contributed by atoms with van der Waals surface area (Å²) in [7, 11) is 6.42. The van der Waals surface area contributed by atoms with Crippen LogP contribution in [0, 0.1) is 0 Å². The highest BCUT2D eigenvalue weighted by Gasteiger charge is 2.06. The van der Waals surface area contributed by atoms with Gasteiger partial charge in [0.05, 0.1) is 27.7 Å². The van der Waals surface area contributed by atoms with E-state index in [1.165, 1.54) is 0 Å². The van der Waals surface area contributed by atoms with Crippen LogP contribution in [0.2, 0.25) is 0 Å². The van der Waals surface area contributed by atoms with E-state index in [1.807, 2.05) is 0 Å². The van der Waals surface area contributed by atoms with Gasteiger partial charge in [0.25, 0.3) is 0 Å². The van der Waals surface area contributed by atoms with Gasteiger partial charge in [-0.25, -0.2) is 0 Å². The van der Waals surface area contributed by atoms with Crippen molar-refractivity contribution in [3.05, 3.63) is 12.2 Å². The lowest BCUT2D eigenvalue weighted by Gasteiger charge is -2.23. The van der Waals surface area contributed by atoms with Crippen LogP contribution in [-0.2, 0) is 4.79 Å². The van der Waals surface area contributed by atoms with Crippen molar-refractivity contribution in [2.24, 2.45) is 0 Å². The van der Waals surface area contributed by atoms with Gasteiger partial charge >= 0.3 is 0 Å². The lowest BCUT2D eigenvalue weighted by atomic mass is 10.3. The molecular formula is C10H25Cl2N3O. The van der Waals surface area contributed by atoms with Crippen LogP contribution in [0.3, 0.4) is 0 Å². The minimum atomic E-state index is -0.0404. The Balaban J connectivity index is -0.000000240. The number of quaternary nitrogens is 1. The molecule has 0 aromatic carbocycles. The number of nitrogens with one attached hydrogen (secondary N) is 1. The van der Waals surface area contributed by atoms with Crippen LogP contribution in [0.1, 0.15) is 13.3 Å². The van der Waals surface area contributed by atoms with E-state index in [0.29, 0.717) is 5.57 Å². The van der Waals surface area contributed by atoms with Crippen LogP contribution >= 0.6 is 12.4 Å². The van der Waals surface area contributed by atoms with Gasteiger partial charge in [0.15, 0.2) is 0 Å². The van der Waals surface area contributed by atoms with Crippen molar-refractivity contribution in [3.8, 4) is 0 Å². The highest BCUT2D eigenvalue weighted by atomic mass is 35.5. The summed E-state index contributed by atoms with van der Waals surface area (Å²) >= 11 is 0. The Morgan fingerprint density at radius 2 is 1.75 bits per heavy atom. The van der Waals surface area contributed by atoms with Crippen LogP contribution in [0.4, 0.5) is 0 Å². The Morgan fingerprint density at radius 3 is 2.06 bits per heavy atom. The van der Waals surface area contributed by atoms with Gasteiger partial charge in [0.1, 0.15) is 0 Å². The molecule has 0 aromatic heterocycles. The van der Waals surface area contributed by atoms with E-state index in [2.05, 4.69) is 33.0 Å². The van der Waals surface area contributed by atoms with Crippen LogP contribution in [0.15, 0.2) is 12.2 Å². The number of carbonyl (C=O) groups is 1. The van der Waals surface area contributed by atoms with Crippen LogP contribution in [-0.4, -0.2) is 44.6 Å². The summed E-state index contributed by atoms with van der Waals surface area (Å²) in [4.78, 5) is 11.1. The maximum absolute atomic E-state index is 11.1. The first-order chi connectivity index (χ1) is 5.83. The Morgan fingerprint density at radius 1 is 1.31 bits per heavy atom. The summed E-state index contributed by atoms with van der Waals surface area (Å²) < 4.78 is 0.933. The van der Waals surface area contributed by atoms with Crippen molar-refractivity contribution < 1.29 is 21.7 Å². The van der Waals surface area contributed by atoms with Crippen molar-refractivity contribution in [2.45, 2.75) is 13.3 Å². The third-order valence-electron chi connectivity index (χ3n) is 1.68. The maximum Gasteiger partial charge on any atom is 0.246 e. The van der Waals surface area contributed by atoms with Crippen LogP contribution in [0.5, 0.6) is 0 Å². The Hall–Kier alpha value is -0.290. The van der Waals surface area contributed by atoms with Gasteiger partial charge in [0, 0.05) is 18.5 Å². The first-order valence-corrected chi connectivity index (χ1v) is 4.57. The van der Waals surface area contributed by atoms with Crippen molar-refractivity contribution in [2.75, 3.05) is 34.2 Å². The highest BCUT2D eigenvalue weighted by Crippen LogP contribution is 1.92. The standard InChI is InChI=1S/C10H20N2O.2ClH.H3N/c1-9(2)10(13)11-7-6-8-12(3,4)5;;;/h1,6-8H2,2-5H3;2*1H;1H3. The van der Waals surface area contributed by atoms with Gasteiger partial charge in [0.2, 0.25) is 5.91 Å². The maximum atomic E-state index is 11.1. The van der Waals surface area contributed by atoms with E-state index in [0.717, 1.165) is 24.0 Å². The number of rotatable bonds is 5. The predicted molar refractivity (Wildman–Crippen MR) is 67.6 cm³/mol. The summed E-state index contributed by atoms with van der Waals surface area (Å²) in [6.45, 7) is 7.09. The van der Waals surface area contributed by atoms with E-state index < -0.39 is 0 Å². The van der Waals surface area contributed by atoms with Gasteiger partial charge in [-0.2, -0.15) is 0 Å². The molecule has 4 nitrogen and oxygen atoms in total. The molecule has 0 saturated heterocycles. The fourth-order valence-corrected chi connectivity index (χ4v) is 0.906. The second-order valence-corrected chi connectivity index (χ2v) is 4.40. The average molecular weight is 274 g/mol. The first kappa shape index (κ1) is 24.8. The molecule has 0 bridgehead atoms. The largest absolute Gasteiger partial charge is 1.00 e. The SMILES string of the molecule is C=C(C)C(=O)NCCC[N+](C)(C)C.Cl.N.[Cl-]. The Bertz CT molecular complexity index is 203. The summed E-state index contributed by atoms with van der Waals surface area (Å²) in [6, 6.07) is 0. The molecule has 0 atom stereocenters. The van der Waals surface area contributed by atoms with Crippen molar-refractivity contribution in [3.63, 3.8) is 0 Å². The molecule has 16 heavy (non-hydrogen) atoms. The van der Waals surface area contributed by atoms with Crippen molar-refractivity contribution in [1.29, 1.82) is 0 Å². The zero-order chi connectivity index (χ0) is 10.5. The fourth-order valence-electron chi connectivity index (χ4n) is 0.906. The van der Waals surface area contributed by atoms with Gasteiger partial charge in [-0.1, -0.05) is 6.58 Å². The number of hydrogen-bond acceptors (Lipinski definition) is 2. The second-order valence-electron chi connectivity index (χ2n) is 4.40. The van der Waals surface area contributed by atoms with Gasteiger partial charge < -0.3 is 28.4 Å². The first-order valence-electron chi connectivity index (χ1n) is 4.57. The monoisotopic (exact) mass is 273 g/mol. The minimum Gasteiger partial charge on any atom is -1.00 e. The molecule has 0 aromatic rings. The molecule has 0 aliphatic heterocycles. The van der Waals surface area contributed by atoms with E-state index in [1.54, 1.807) is 6.92 Å². The summed E-state index contributed by atoms with van der Waals surface area (Å²) in [6.07, 6.45) is 1.00. The lowest BCUT2D eigenvalue weighted by molar-refractivity contribution is -0.870. The predicted octanol–water partition coefficient (Wildman–Crippen LogP) is -1.64. The Labute approximate surface area is 111 Å². The van der Waals surface area contributed by atoms with Gasteiger partial charge in [-0.05, 0) is 6.92 Å². The molecule has 0 radical (unpaired) electrons. The third-order valence-corrected chi connectivity index (χ3v) is 1.68. The van der Waals surface area contributed by atoms with Crippen LogP contribution < -0.4 is 23.9 Å². The highest BCUT2D eigenvalue weighted by molar-refractivity contribution is 5.91. The zero-order valence-electron chi connectivity index (χ0n) is 10.7. The topological polar surface area (TPSA) is 64.1 Å². The summed E-state index contributed by atoms with van der Waals surface area (Å²) in [5.41, 5.74) is 0.574. The molecule has 4 N–H and O–H groups in total. The molecule has 0 unspecified atom stereocenters. The van der Waals surface area contributed by atoms with Crippen molar-refractivity contribution in [1.82, 2.24) is 11.5 Å². The molecule has 0 spiro atoms. The zero-order valence-corrected chi connectivity index (χ0v) is 12.2. The molecule has 0 aliphatic rings. The number of nitrogens with zero attached hydrogens (tertiary/aromatic N) is 1. The number of amides is 1. The average Bonchev–Trinajstić information content (AvgIpc) is 1.95. The number of carbonyl (C=O) groups excluding carboxylic acids is 1. The molecule has 1 amide bonds. The lowest BCUT2D eigenvalue weighted by Crippen LogP contribution is -3.00. The summed E-state index contributed by atoms with van der Waals surface area (Å²) in [5.74, 6) is -0.0404. The molecule has 6 heteroatoms. The van der Waals surface area contributed by atoms with E-state index in [4.69, 9.17) is 0 Å². The summed E-state index contributed by atoms with van der Waals surface area (Å²) in [5, 5.41) is 2.81. The molecule has 0 rings (SSSR count). The number of halogens is 2. The van der Waals surface area contributed by atoms with Gasteiger partial charge in [-0.3, -0.25) is 4.79 Å².